The quantitative estimate of drug-likeness (QED) is 0.497. The van der Waals surface area contributed by atoms with Crippen LogP contribution in [0, 0.1) is 21.4 Å². The third-order valence-corrected chi connectivity index (χ3v) is 3.38. The molecule has 1 aromatic rings. The average Bonchev–Trinajstić information content (AvgIpc) is 2.56. The van der Waals surface area contributed by atoms with Crippen LogP contribution in [0.4, 0.5) is 17.3 Å². The number of aliphatic hydroxyl groups excluding tert-OH is 2. The van der Waals surface area contributed by atoms with E-state index in [2.05, 4.69) is 4.98 Å². The van der Waals surface area contributed by atoms with Crippen molar-refractivity contribution >= 4 is 17.3 Å². The van der Waals surface area contributed by atoms with Gasteiger partial charge in [0, 0.05) is 32.2 Å². The molecule has 1 aromatic heterocycles. The van der Waals surface area contributed by atoms with E-state index < -0.39 is 4.92 Å². The van der Waals surface area contributed by atoms with E-state index in [4.69, 9.17) is 10.2 Å². The van der Waals surface area contributed by atoms with Gasteiger partial charge in [-0.2, -0.15) is 5.26 Å². The summed E-state index contributed by atoms with van der Waals surface area (Å²) in [5.41, 5.74) is -0.198. The maximum Gasteiger partial charge on any atom is 0.313 e. The second-order valence-corrected chi connectivity index (χ2v) is 4.68. The Bertz CT molecular complexity index is 587. The standard InChI is InChI=1S/C14H21N5O4/c1-3-17(5-7-20)13-11(10-15)9-12(19(22)23)14(16-13)18(4-2)6-8-21/h9,20-21H,3-8H2,1-2H3. The van der Waals surface area contributed by atoms with E-state index in [-0.39, 0.29) is 43.4 Å². The number of hydrogen-bond donors (Lipinski definition) is 2. The third-order valence-electron chi connectivity index (χ3n) is 3.38. The van der Waals surface area contributed by atoms with Crippen molar-refractivity contribution in [3.8, 4) is 6.07 Å². The minimum absolute atomic E-state index is 0.0794. The van der Waals surface area contributed by atoms with Crippen LogP contribution in [0.3, 0.4) is 0 Å². The van der Waals surface area contributed by atoms with Crippen molar-refractivity contribution < 1.29 is 15.1 Å². The summed E-state index contributed by atoms with van der Waals surface area (Å²) < 4.78 is 0. The van der Waals surface area contributed by atoms with Crippen LogP contribution in [-0.2, 0) is 0 Å². The predicted octanol–water partition coefficient (Wildman–Crippen LogP) is 0.499. The van der Waals surface area contributed by atoms with Crippen molar-refractivity contribution in [2.24, 2.45) is 0 Å². The second kappa shape index (κ2) is 8.87. The van der Waals surface area contributed by atoms with Gasteiger partial charge in [-0.05, 0) is 13.8 Å². The number of nitro groups is 1. The zero-order valence-corrected chi connectivity index (χ0v) is 13.3. The number of likely N-dealkylation sites (N-methyl/N-ethyl adjacent to an activating group) is 2. The predicted molar refractivity (Wildman–Crippen MR) is 85.6 cm³/mol. The number of nitrogens with zero attached hydrogens (tertiary/aromatic N) is 5. The van der Waals surface area contributed by atoms with E-state index in [0.717, 1.165) is 0 Å². The molecule has 1 heterocycles. The molecule has 0 fully saturated rings. The summed E-state index contributed by atoms with van der Waals surface area (Å²) in [7, 11) is 0. The summed E-state index contributed by atoms with van der Waals surface area (Å²) >= 11 is 0. The topological polar surface area (TPSA) is 127 Å². The van der Waals surface area contributed by atoms with Gasteiger partial charge in [0.25, 0.3) is 0 Å². The Morgan fingerprint density at radius 2 is 1.74 bits per heavy atom. The van der Waals surface area contributed by atoms with E-state index in [1.807, 2.05) is 13.0 Å². The molecule has 0 saturated carbocycles. The molecular formula is C14H21N5O4. The summed E-state index contributed by atoms with van der Waals surface area (Å²) in [6.07, 6.45) is 0. The van der Waals surface area contributed by atoms with Gasteiger partial charge >= 0.3 is 5.69 Å². The first kappa shape index (κ1) is 18.6. The van der Waals surface area contributed by atoms with E-state index in [1.54, 1.807) is 16.7 Å². The fourth-order valence-electron chi connectivity index (χ4n) is 2.24. The lowest BCUT2D eigenvalue weighted by atomic mass is 10.2. The van der Waals surface area contributed by atoms with E-state index in [9.17, 15) is 15.4 Å². The molecule has 0 spiro atoms. The Hall–Kier alpha value is -2.44. The molecule has 2 N–H and O–H groups in total. The highest BCUT2D eigenvalue weighted by Gasteiger charge is 2.25. The van der Waals surface area contributed by atoms with Crippen LogP contribution >= 0.6 is 0 Å². The van der Waals surface area contributed by atoms with Gasteiger partial charge < -0.3 is 20.0 Å². The van der Waals surface area contributed by atoms with E-state index in [0.29, 0.717) is 18.9 Å². The first-order valence-corrected chi connectivity index (χ1v) is 7.35. The van der Waals surface area contributed by atoms with Crippen LogP contribution in [0.15, 0.2) is 6.07 Å². The summed E-state index contributed by atoms with van der Waals surface area (Å²) in [6.45, 7) is 4.72. The van der Waals surface area contributed by atoms with Gasteiger partial charge in [-0.3, -0.25) is 10.1 Å². The van der Waals surface area contributed by atoms with Crippen molar-refractivity contribution in [3.05, 3.63) is 21.7 Å². The van der Waals surface area contributed by atoms with E-state index >= 15 is 0 Å². The molecule has 0 aliphatic rings. The zero-order chi connectivity index (χ0) is 17.4. The molecule has 126 valence electrons. The normalized spacial score (nSPS) is 10.2. The molecule has 0 unspecified atom stereocenters. The summed E-state index contributed by atoms with van der Waals surface area (Å²) in [6, 6.07) is 3.11. The fourth-order valence-corrected chi connectivity index (χ4v) is 2.24. The van der Waals surface area contributed by atoms with Crippen molar-refractivity contribution in [1.29, 1.82) is 5.26 Å². The van der Waals surface area contributed by atoms with Gasteiger partial charge in [0.15, 0.2) is 0 Å². The summed E-state index contributed by atoms with van der Waals surface area (Å²) in [5, 5.41) is 38.8. The Morgan fingerprint density at radius 3 is 2.13 bits per heavy atom. The van der Waals surface area contributed by atoms with Gasteiger partial charge in [-0.15, -0.1) is 0 Å². The number of aromatic nitrogens is 1. The third kappa shape index (κ3) is 4.28. The van der Waals surface area contributed by atoms with Gasteiger partial charge in [0.1, 0.15) is 17.5 Å². The Morgan fingerprint density at radius 1 is 1.22 bits per heavy atom. The Labute approximate surface area is 134 Å². The first-order valence-electron chi connectivity index (χ1n) is 7.35. The molecule has 0 aromatic carbocycles. The van der Waals surface area contributed by atoms with Crippen LogP contribution in [0.25, 0.3) is 0 Å². The number of pyridine rings is 1. The lowest BCUT2D eigenvalue weighted by molar-refractivity contribution is -0.384. The molecule has 0 saturated heterocycles. The van der Waals surface area contributed by atoms with Crippen LogP contribution in [-0.4, -0.2) is 59.5 Å². The van der Waals surface area contributed by atoms with Crippen molar-refractivity contribution in [1.82, 2.24) is 4.98 Å². The van der Waals surface area contributed by atoms with E-state index in [1.165, 1.54) is 6.07 Å². The molecule has 0 atom stereocenters. The SMILES string of the molecule is CCN(CCO)c1nc(N(CC)CCO)c([N+](=O)[O-])cc1C#N. The zero-order valence-electron chi connectivity index (χ0n) is 13.3. The Balaban J connectivity index is 3.53. The lowest BCUT2D eigenvalue weighted by Crippen LogP contribution is -2.31. The fraction of sp³-hybridized carbons (Fsp3) is 0.571. The van der Waals surface area contributed by atoms with Gasteiger partial charge in [-0.25, -0.2) is 4.98 Å². The highest BCUT2D eigenvalue weighted by Crippen LogP contribution is 2.32. The molecule has 1 rings (SSSR count). The van der Waals surface area contributed by atoms with Crippen LogP contribution in [0.1, 0.15) is 19.4 Å². The van der Waals surface area contributed by atoms with Crippen LogP contribution < -0.4 is 9.80 Å². The molecule has 0 bridgehead atoms. The van der Waals surface area contributed by atoms with Crippen molar-refractivity contribution in [3.63, 3.8) is 0 Å². The molecular weight excluding hydrogens is 302 g/mol. The van der Waals surface area contributed by atoms with Gasteiger partial charge in [0.05, 0.1) is 18.1 Å². The maximum absolute atomic E-state index is 11.3. The van der Waals surface area contributed by atoms with Crippen LogP contribution in [0.2, 0.25) is 0 Å². The minimum Gasteiger partial charge on any atom is -0.395 e. The molecule has 0 radical (unpaired) electrons. The second-order valence-electron chi connectivity index (χ2n) is 4.68. The highest BCUT2D eigenvalue weighted by molar-refractivity contribution is 5.68. The molecule has 0 amide bonds. The molecule has 0 aliphatic heterocycles. The number of rotatable bonds is 9. The monoisotopic (exact) mass is 323 g/mol. The summed E-state index contributed by atoms with van der Waals surface area (Å²) in [5.74, 6) is 0.401. The van der Waals surface area contributed by atoms with Crippen molar-refractivity contribution in [2.45, 2.75) is 13.8 Å². The average molecular weight is 323 g/mol. The van der Waals surface area contributed by atoms with Crippen molar-refractivity contribution in [2.75, 3.05) is 49.2 Å². The number of anilines is 2. The molecule has 9 nitrogen and oxygen atoms in total. The molecule has 0 aliphatic carbocycles. The first-order chi connectivity index (χ1) is 11.0. The van der Waals surface area contributed by atoms with Gasteiger partial charge in [0.2, 0.25) is 5.82 Å². The van der Waals surface area contributed by atoms with Crippen LogP contribution in [0.5, 0.6) is 0 Å². The maximum atomic E-state index is 11.3. The lowest BCUT2D eigenvalue weighted by Gasteiger charge is -2.25. The number of nitriles is 1. The Kier molecular flexibility index (Phi) is 7.18. The highest BCUT2D eigenvalue weighted by atomic mass is 16.6. The summed E-state index contributed by atoms with van der Waals surface area (Å²) in [4.78, 5) is 18.3. The number of hydrogen-bond acceptors (Lipinski definition) is 8. The molecule has 23 heavy (non-hydrogen) atoms. The molecule has 9 heteroatoms. The van der Waals surface area contributed by atoms with Gasteiger partial charge in [-0.1, -0.05) is 0 Å². The smallest absolute Gasteiger partial charge is 0.313 e. The minimum atomic E-state index is -0.588. The largest absolute Gasteiger partial charge is 0.395 e. The number of aliphatic hydroxyl groups is 2.